The Balaban J connectivity index is 1.40. The van der Waals surface area contributed by atoms with Crippen molar-refractivity contribution < 1.29 is 9.53 Å². The molecular formula is C27H29N3O2. The molecule has 0 spiro atoms. The van der Waals surface area contributed by atoms with E-state index in [1.54, 1.807) is 0 Å². The van der Waals surface area contributed by atoms with Crippen LogP contribution in [0.15, 0.2) is 78.9 Å². The first-order valence-corrected chi connectivity index (χ1v) is 11.1. The average molecular weight is 428 g/mol. The molecule has 1 aromatic heterocycles. The summed E-state index contributed by atoms with van der Waals surface area (Å²) in [4.78, 5) is 17.4. The lowest BCUT2D eigenvalue weighted by Crippen LogP contribution is -2.23. The van der Waals surface area contributed by atoms with Crippen LogP contribution in [0.5, 0.6) is 0 Å². The molecule has 0 radical (unpaired) electrons. The molecule has 0 unspecified atom stereocenters. The summed E-state index contributed by atoms with van der Waals surface area (Å²) < 4.78 is 7.81. The van der Waals surface area contributed by atoms with Crippen LogP contribution in [-0.2, 0) is 29.1 Å². The molecular weight excluding hydrogens is 398 g/mol. The van der Waals surface area contributed by atoms with E-state index in [0.29, 0.717) is 26.0 Å². The number of carbonyl (C=O) groups excluding carboxylic acids is 1. The molecule has 0 saturated heterocycles. The van der Waals surface area contributed by atoms with Gasteiger partial charge in [0.15, 0.2) is 0 Å². The number of nitrogens with zero attached hydrogens (tertiary/aromatic N) is 2. The number of benzene rings is 3. The number of aromatic nitrogens is 2. The van der Waals surface area contributed by atoms with Crippen molar-refractivity contribution in [3.05, 3.63) is 95.8 Å². The van der Waals surface area contributed by atoms with Crippen LogP contribution in [0.2, 0.25) is 0 Å². The van der Waals surface area contributed by atoms with Crippen molar-refractivity contribution >= 4 is 16.9 Å². The normalized spacial score (nSPS) is 11.2. The third-order valence-corrected chi connectivity index (χ3v) is 5.28. The van der Waals surface area contributed by atoms with Crippen molar-refractivity contribution in [2.45, 2.75) is 45.9 Å². The highest BCUT2D eigenvalue weighted by Crippen LogP contribution is 2.22. The Labute approximate surface area is 189 Å². The molecule has 4 aromatic rings. The first kappa shape index (κ1) is 21.8. The number of hydrogen-bond acceptors (Lipinski definition) is 3. The van der Waals surface area contributed by atoms with Crippen LogP contribution < -0.4 is 5.32 Å². The SMILES string of the molecule is CC(C)OCc1cccc(CNC(=O)CCc2nc3ccccc3n2-c2ccccc2)c1. The number of nitrogens with one attached hydrogen (secondary N) is 1. The Bertz CT molecular complexity index is 1180. The van der Waals surface area contributed by atoms with Gasteiger partial charge in [0, 0.05) is 25.1 Å². The summed E-state index contributed by atoms with van der Waals surface area (Å²) in [6, 6.07) is 26.4. The number of rotatable bonds is 9. The molecule has 0 aliphatic rings. The van der Waals surface area contributed by atoms with Gasteiger partial charge in [-0.05, 0) is 49.2 Å². The van der Waals surface area contributed by atoms with Gasteiger partial charge in [0.25, 0.3) is 0 Å². The highest BCUT2D eigenvalue weighted by atomic mass is 16.5. The van der Waals surface area contributed by atoms with Gasteiger partial charge < -0.3 is 10.1 Å². The number of amides is 1. The first-order chi connectivity index (χ1) is 15.6. The highest BCUT2D eigenvalue weighted by Gasteiger charge is 2.13. The van der Waals surface area contributed by atoms with Gasteiger partial charge >= 0.3 is 0 Å². The molecule has 32 heavy (non-hydrogen) atoms. The van der Waals surface area contributed by atoms with Crippen molar-refractivity contribution in [2.75, 3.05) is 0 Å². The van der Waals surface area contributed by atoms with Gasteiger partial charge in [0.05, 0.1) is 23.7 Å². The smallest absolute Gasteiger partial charge is 0.220 e. The van der Waals surface area contributed by atoms with Gasteiger partial charge in [-0.15, -0.1) is 0 Å². The van der Waals surface area contributed by atoms with Gasteiger partial charge in [0.1, 0.15) is 5.82 Å². The molecule has 5 heteroatoms. The van der Waals surface area contributed by atoms with E-state index in [0.717, 1.165) is 33.7 Å². The quantitative estimate of drug-likeness (QED) is 0.399. The highest BCUT2D eigenvalue weighted by molar-refractivity contribution is 5.79. The van der Waals surface area contributed by atoms with E-state index in [4.69, 9.17) is 9.72 Å². The van der Waals surface area contributed by atoms with Crippen molar-refractivity contribution in [2.24, 2.45) is 0 Å². The van der Waals surface area contributed by atoms with Gasteiger partial charge in [-0.2, -0.15) is 0 Å². The Morgan fingerprint density at radius 3 is 2.53 bits per heavy atom. The fourth-order valence-electron chi connectivity index (χ4n) is 3.72. The second-order valence-corrected chi connectivity index (χ2v) is 8.14. The van der Waals surface area contributed by atoms with Crippen LogP contribution in [-0.4, -0.2) is 21.6 Å². The molecule has 0 aliphatic heterocycles. The van der Waals surface area contributed by atoms with Crippen LogP contribution >= 0.6 is 0 Å². The minimum atomic E-state index is 0.0144. The summed E-state index contributed by atoms with van der Waals surface area (Å²) in [7, 11) is 0. The predicted octanol–water partition coefficient (Wildman–Crippen LogP) is 5.20. The van der Waals surface area contributed by atoms with Gasteiger partial charge in [-0.1, -0.05) is 54.6 Å². The molecule has 1 N–H and O–H groups in total. The number of aryl methyl sites for hydroxylation is 1. The fourth-order valence-corrected chi connectivity index (χ4v) is 3.72. The van der Waals surface area contributed by atoms with Gasteiger partial charge in [-0.3, -0.25) is 9.36 Å². The van der Waals surface area contributed by atoms with E-state index in [9.17, 15) is 4.79 Å². The van der Waals surface area contributed by atoms with Crippen molar-refractivity contribution in [1.82, 2.24) is 14.9 Å². The number of carbonyl (C=O) groups is 1. The maximum absolute atomic E-state index is 12.6. The first-order valence-electron chi connectivity index (χ1n) is 11.1. The van der Waals surface area contributed by atoms with Crippen molar-refractivity contribution in [3.63, 3.8) is 0 Å². The third-order valence-electron chi connectivity index (χ3n) is 5.28. The largest absolute Gasteiger partial charge is 0.374 e. The number of imidazole rings is 1. The Morgan fingerprint density at radius 1 is 0.969 bits per heavy atom. The molecule has 164 valence electrons. The zero-order valence-electron chi connectivity index (χ0n) is 18.6. The van der Waals surface area contributed by atoms with E-state index in [1.165, 1.54) is 0 Å². The average Bonchev–Trinajstić information content (AvgIpc) is 3.19. The van der Waals surface area contributed by atoms with Crippen LogP contribution in [0, 0.1) is 0 Å². The summed E-state index contributed by atoms with van der Waals surface area (Å²) in [5.41, 5.74) is 5.22. The zero-order valence-corrected chi connectivity index (χ0v) is 18.6. The Morgan fingerprint density at radius 2 is 1.72 bits per heavy atom. The molecule has 0 saturated carbocycles. The number of hydrogen-bond donors (Lipinski definition) is 1. The maximum atomic E-state index is 12.6. The molecule has 4 rings (SSSR count). The lowest BCUT2D eigenvalue weighted by Gasteiger charge is -2.11. The molecule has 0 fully saturated rings. The maximum Gasteiger partial charge on any atom is 0.220 e. The molecule has 5 nitrogen and oxygen atoms in total. The summed E-state index contributed by atoms with van der Waals surface area (Å²) in [5.74, 6) is 0.904. The summed E-state index contributed by atoms with van der Waals surface area (Å²) in [6.07, 6.45) is 1.14. The predicted molar refractivity (Wildman–Crippen MR) is 128 cm³/mol. The summed E-state index contributed by atoms with van der Waals surface area (Å²) in [5, 5.41) is 3.04. The minimum absolute atomic E-state index is 0.0144. The van der Waals surface area contributed by atoms with Crippen LogP contribution in [0.1, 0.15) is 37.2 Å². The number of para-hydroxylation sites is 3. The third kappa shape index (κ3) is 5.42. The molecule has 1 heterocycles. The number of ether oxygens (including phenoxy) is 1. The molecule has 1 amide bonds. The van der Waals surface area contributed by atoms with Crippen molar-refractivity contribution in [3.8, 4) is 5.69 Å². The Kier molecular flexibility index (Phi) is 6.97. The summed E-state index contributed by atoms with van der Waals surface area (Å²) >= 11 is 0. The number of fused-ring (bicyclic) bond motifs is 1. The Hall–Kier alpha value is -3.44. The van der Waals surface area contributed by atoms with E-state index in [-0.39, 0.29) is 12.0 Å². The fraction of sp³-hybridized carbons (Fsp3) is 0.259. The zero-order chi connectivity index (χ0) is 22.3. The van der Waals surface area contributed by atoms with Gasteiger partial charge in [-0.25, -0.2) is 4.98 Å². The second kappa shape index (κ2) is 10.2. The van der Waals surface area contributed by atoms with E-state index in [1.807, 2.05) is 68.4 Å². The minimum Gasteiger partial charge on any atom is -0.374 e. The molecule has 3 aromatic carbocycles. The monoisotopic (exact) mass is 427 g/mol. The standard InChI is InChI=1S/C27H29N3O2/c1-20(2)32-19-22-10-8-9-21(17-22)18-28-27(31)16-15-26-29-24-13-6-7-14-25(24)30(26)23-11-4-3-5-12-23/h3-14,17,20H,15-16,18-19H2,1-2H3,(H,28,31). The lowest BCUT2D eigenvalue weighted by molar-refractivity contribution is -0.121. The van der Waals surface area contributed by atoms with E-state index >= 15 is 0 Å². The van der Waals surface area contributed by atoms with Crippen LogP contribution in [0.25, 0.3) is 16.7 Å². The van der Waals surface area contributed by atoms with E-state index < -0.39 is 0 Å². The van der Waals surface area contributed by atoms with Gasteiger partial charge in [0.2, 0.25) is 5.91 Å². The molecule has 0 aliphatic carbocycles. The molecule has 0 bridgehead atoms. The topological polar surface area (TPSA) is 56.1 Å². The van der Waals surface area contributed by atoms with Crippen molar-refractivity contribution in [1.29, 1.82) is 0 Å². The van der Waals surface area contributed by atoms with E-state index in [2.05, 4.69) is 34.1 Å². The second-order valence-electron chi connectivity index (χ2n) is 8.14. The lowest BCUT2D eigenvalue weighted by atomic mass is 10.1. The van der Waals surface area contributed by atoms with Crippen LogP contribution in [0.3, 0.4) is 0 Å². The van der Waals surface area contributed by atoms with Crippen LogP contribution in [0.4, 0.5) is 0 Å². The summed E-state index contributed by atoms with van der Waals surface area (Å²) in [6.45, 7) is 5.13. The molecule has 0 atom stereocenters.